The Morgan fingerprint density at radius 1 is 1.29 bits per heavy atom. The first-order chi connectivity index (χ1) is 10.2. The molecule has 0 radical (unpaired) electrons. The Hall–Kier alpha value is -1.94. The van der Waals surface area contributed by atoms with E-state index in [1.165, 1.54) is 0 Å². The summed E-state index contributed by atoms with van der Waals surface area (Å²) in [7, 11) is 0. The van der Waals surface area contributed by atoms with Gasteiger partial charge in [-0.25, -0.2) is 4.79 Å². The molecule has 0 aliphatic carbocycles. The summed E-state index contributed by atoms with van der Waals surface area (Å²) in [6.07, 6.45) is 4.07. The molecule has 0 aliphatic heterocycles. The highest BCUT2D eigenvalue weighted by molar-refractivity contribution is 6.32. The number of rotatable bonds is 9. The number of para-hydroxylation sites is 1. The normalized spacial score (nSPS) is 9.76. The van der Waals surface area contributed by atoms with E-state index in [0.717, 1.165) is 0 Å². The molecule has 0 bridgehead atoms. The van der Waals surface area contributed by atoms with Crippen LogP contribution in [0.5, 0.6) is 5.75 Å². The van der Waals surface area contributed by atoms with E-state index in [-0.39, 0.29) is 6.03 Å². The van der Waals surface area contributed by atoms with Gasteiger partial charge in [0, 0.05) is 19.6 Å². The Morgan fingerprint density at radius 3 is 2.57 bits per heavy atom. The molecule has 1 aromatic carbocycles. The fourth-order valence-corrected chi connectivity index (χ4v) is 1.87. The molecule has 0 spiro atoms. The molecule has 0 atom stereocenters. The smallest absolute Gasteiger partial charge is 0.317 e. The Balaban J connectivity index is 2.24. The van der Waals surface area contributed by atoms with Crippen LogP contribution >= 0.6 is 11.6 Å². The Bertz CT molecular complexity index is 467. The van der Waals surface area contributed by atoms with Gasteiger partial charge in [-0.2, -0.15) is 0 Å². The minimum atomic E-state index is -0.132. The standard InChI is InChI=1S/C16H21ClN2O2/c1-3-11-19(12-4-2)16(20)18-10-7-13-21-15-9-6-5-8-14(15)17/h3-6,8-9H,1-2,7,10-13H2,(H,18,20). The Kier molecular flexibility index (Phi) is 8.05. The van der Waals surface area contributed by atoms with E-state index in [1.807, 2.05) is 18.2 Å². The predicted molar refractivity (Wildman–Crippen MR) is 86.9 cm³/mol. The monoisotopic (exact) mass is 308 g/mol. The van der Waals surface area contributed by atoms with E-state index in [0.29, 0.717) is 43.4 Å². The Morgan fingerprint density at radius 2 is 1.95 bits per heavy atom. The molecule has 0 aromatic heterocycles. The van der Waals surface area contributed by atoms with Gasteiger partial charge in [-0.1, -0.05) is 35.9 Å². The SMILES string of the molecule is C=CCN(CC=C)C(=O)NCCCOc1ccccc1Cl. The summed E-state index contributed by atoms with van der Waals surface area (Å²) in [6, 6.07) is 7.18. The van der Waals surface area contributed by atoms with Crippen LogP contribution in [0.4, 0.5) is 4.79 Å². The summed E-state index contributed by atoms with van der Waals surface area (Å²) in [5, 5.41) is 3.42. The van der Waals surface area contributed by atoms with E-state index < -0.39 is 0 Å². The summed E-state index contributed by atoms with van der Waals surface area (Å²) in [5.74, 6) is 0.658. The van der Waals surface area contributed by atoms with Crippen molar-refractivity contribution in [2.24, 2.45) is 0 Å². The maximum Gasteiger partial charge on any atom is 0.317 e. The third-order valence-electron chi connectivity index (χ3n) is 2.68. The molecule has 0 saturated carbocycles. The third kappa shape index (κ3) is 6.36. The van der Waals surface area contributed by atoms with Gasteiger partial charge in [0.2, 0.25) is 0 Å². The number of nitrogens with zero attached hydrogens (tertiary/aromatic N) is 1. The largest absolute Gasteiger partial charge is 0.492 e. The predicted octanol–water partition coefficient (Wildman–Crippen LogP) is 3.49. The molecule has 0 heterocycles. The van der Waals surface area contributed by atoms with Crippen LogP contribution in [0.2, 0.25) is 5.02 Å². The van der Waals surface area contributed by atoms with Crippen molar-refractivity contribution in [3.63, 3.8) is 0 Å². The topological polar surface area (TPSA) is 41.6 Å². The number of benzene rings is 1. The van der Waals surface area contributed by atoms with Crippen molar-refractivity contribution in [2.75, 3.05) is 26.2 Å². The maximum atomic E-state index is 11.9. The lowest BCUT2D eigenvalue weighted by Crippen LogP contribution is -2.40. The lowest BCUT2D eigenvalue weighted by molar-refractivity contribution is 0.207. The van der Waals surface area contributed by atoms with Crippen molar-refractivity contribution in [2.45, 2.75) is 6.42 Å². The van der Waals surface area contributed by atoms with Crippen molar-refractivity contribution in [3.05, 3.63) is 54.6 Å². The van der Waals surface area contributed by atoms with Crippen molar-refractivity contribution in [1.29, 1.82) is 0 Å². The summed E-state index contributed by atoms with van der Waals surface area (Å²) in [6.45, 7) is 9.27. The second-order valence-corrected chi connectivity index (χ2v) is 4.75. The molecule has 114 valence electrons. The van der Waals surface area contributed by atoms with Crippen molar-refractivity contribution in [3.8, 4) is 5.75 Å². The van der Waals surface area contributed by atoms with Crippen LogP contribution in [0.15, 0.2) is 49.6 Å². The summed E-state index contributed by atoms with van der Waals surface area (Å²) >= 11 is 5.98. The number of carbonyl (C=O) groups excluding carboxylic acids is 1. The molecule has 4 nitrogen and oxygen atoms in total. The fourth-order valence-electron chi connectivity index (χ4n) is 1.68. The quantitative estimate of drug-likeness (QED) is 0.560. The number of hydrogen-bond acceptors (Lipinski definition) is 2. The molecular weight excluding hydrogens is 288 g/mol. The second-order valence-electron chi connectivity index (χ2n) is 4.35. The molecule has 0 fully saturated rings. The highest BCUT2D eigenvalue weighted by atomic mass is 35.5. The average molecular weight is 309 g/mol. The molecule has 1 aromatic rings. The number of halogens is 1. The first-order valence-corrected chi connectivity index (χ1v) is 7.18. The van der Waals surface area contributed by atoms with Crippen molar-refractivity contribution >= 4 is 17.6 Å². The minimum absolute atomic E-state index is 0.132. The van der Waals surface area contributed by atoms with Crippen LogP contribution in [-0.4, -0.2) is 37.2 Å². The molecule has 1 N–H and O–H groups in total. The van der Waals surface area contributed by atoms with Crippen LogP contribution in [-0.2, 0) is 0 Å². The fraction of sp³-hybridized carbons (Fsp3) is 0.312. The zero-order chi connectivity index (χ0) is 15.5. The van der Waals surface area contributed by atoms with Gasteiger partial charge in [-0.05, 0) is 18.6 Å². The van der Waals surface area contributed by atoms with Crippen LogP contribution in [0.1, 0.15) is 6.42 Å². The van der Waals surface area contributed by atoms with E-state index in [4.69, 9.17) is 16.3 Å². The molecule has 0 unspecified atom stereocenters. The van der Waals surface area contributed by atoms with Crippen LogP contribution in [0.25, 0.3) is 0 Å². The number of hydrogen-bond donors (Lipinski definition) is 1. The molecule has 1 rings (SSSR count). The highest BCUT2D eigenvalue weighted by Crippen LogP contribution is 2.22. The lowest BCUT2D eigenvalue weighted by Gasteiger charge is -2.19. The molecular formula is C16H21ClN2O2. The maximum absolute atomic E-state index is 11.9. The minimum Gasteiger partial charge on any atom is -0.492 e. The van der Waals surface area contributed by atoms with Crippen LogP contribution in [0, 0.1) is 0 Å². The number of ether oxygens (including phenoxy) is 1. The molecule has 5 heteroatoms. The van der Waals surface area contributed by atoms with Gasteiger partial charge in [0.1, 0.15) is 5.75 Å². The van der Waals surface area contributed by atoms with Gasteiger partial charge in [-0.3, -0.25) is 0 Å². The van der Waals surface area contributed by atoms with E-state index in [2.05, 4.69) is 18.5 Å². The van der Waals surface area contributed by atoms with Gasteiger partial charge in [0.25, 0.3) is 0 Å². The van der Waals surface area contributed by atoms with E-state index in [9.17, 15) is 4.79 Å². The zero-order valence-corrected chi connectivity index (χ0v) is 12.8. The zero-order valence-electron chi connectivity index (χ0n) is 12.1. The van der Waals surface area contributed by atoms with Crippen LogP contribution in [0.3, 0.4) is 0 Å². The first-order valence-electron chi connectivity index (χ1n) is 6.81. The molecule has 0 aliphatic rings. The van der Waals surface area contributed by atoms with Gasteiger partial charge < -0.3 is 15.0 Å². The summed E-state index contributed by atoms with van der Waals surface area (Å²) in [5.41, 5.74) is 0. The molecule has 2 amide bonds. The van der Waals surface area contributed by atoms with Gasteiger partial charge in [0.15, 0.2) is 0 Å². The first kappa shape index (κ1) is 17.1. The highest BCUT2D eigenvalue weighted by Gasteiger charge is 2.09. The number of amides is 2. The average Bonchev–Trinajstić information content (AvgIpc) is 2.48. The number of nitrogens with one attached hydrogen (secondary N) is 1. The van der Waals surface area contributed by atoms with Crippen molar-refractivity contribution in [1.82, 2.24) is 10.2 Å². The van der Waals surface area contributed by atoms with E-state index in [1.54, 1.807) is 23.1 Å². The third-order valence-corrected chi connectivity index (χ3v) is 2.99. The van der Waals surface area contributed by atoms with E-state index >= 15 is 0 Å². The summed E-state index contributed by atoms with van der Waals surface area (Å²) < 4.78 is 5.54. The van der Waals surface area contributed by atoms with Gasteiger partial charge in [0.05, 0.1) is 11.6 Å². The Labute approximate surface area is 131 Å². The van der Waals surface area contributed by atoms with Gasteiger partial charge >= 0.3 is 6.03 Å². The number of carbonyl (C=O) groups is 1. The number of urea groups is 1. The lowest BCUT2D eigenvalue weighted by atomic mass is 10.3. The van der Waals surface area contributed by atoms with Crippen LogP contribution < -0.4 is 10.1 Å². The molecule has 0 saturated heterocycles. The second kappa shape index (κ2) is 9.88. The van der Waals surface area contributed by atoms with Crippen molar-refractivity contribution < 1.29 is 9.53 Å². The van der Waals surface area contributed by atoms with Gasteiger partial charge in [-0.15, -0.1) is 13.2 Å². The molecule has 21 heavy (non-hydrogen) atoms. The summed E-state index contributed by atoms with van der Waals surface area (Å²) in [4.78, 5) is 13.5.